The van der Waals surface area contributed by atoms with Crippen LogP contribution in [0.2, 0.25) is 0 Å². The number of aromatic nitrogens is 1. The molecule has 23 heavy (non-hydrogen) atoms. The van der Waals surface area contributed by atoms with Gasteiger partial charge in [-0.3, -0.25) is 4.79 Å². The lowest BCUT2D eigenvalue weighted by Crippen LogP contribution is -2.31. The first-order valence-corrected chi connectivity index (χ1v) is 9.26. The van der Waals surface area contributed by atoms with Crippen molar-refractivity contribution in [3.8, 4) is 10.6 Å². The molecule has 1 aliphatic heterocycles. The number of benzene rings is 1. The minimum Gasteiger partial charge on any atom is -0.317 e. The molecular formula is C17H17N3OS2. The summed E-state index contributed by atoms with van der Waals surface area (Å²) in [5.74, 6) is -0.0352. The molecule has 6 heteroatoms. The Kier molecular flexibility index (Phi) is 3.67. The topological polar surface area (TPSA) is 54.0 Å². The van der Waals surface area contributed by atoms with Gasteiger partial charge in [-0.1, -0.05) is 12.1 Å². The van der Waals surface area contributed by atoms with Crippen molar-refractivity contribution in [2.24, 2.45) is 0 Å². The number of fused-ring (bicyclic) bond motifs is 2. The standard InChI is InChI=1S/C17H17N3OS2/c1-9-7-11-14(8-18-9)23-16(19-10(2)21)15(11)17-20-12-5-3-4-6-13(12)22-17/h3-6,9,18H,7-8H2,1-2H3,(H,19,21)/t9-/m1/s1. The van der Waals surface area contributed by atoms with E-state index in [0.717, 1.165) is 34.1 Å². The molecule has 0 bridgehead atoms. The molecule has 0 unspecified atom stereocenters. The van der Waals surface area contributed by atoms with Gasteiger partial charge >= 0.3 is 0 Å². The summed E-state index contributed by atoms with van der Waals surface area (Å²) in [5.41, 5.74) is 3.47. The van der Waals surface area contributed by atoms with Crippen LogP contribution in [0.4, 0.5) is 5.00 Å². The molecule has 3 heterocycles. The molecule has 1 aromatic carbocycles. The Morgan fingerprint density at radius 1 is 1.35 bits per heavy atom. The number of rotatable bonds is 2. The van der Waals surface area contributed by atoms with Gasteiger partial charge in [0.2, 0.25) is 5.91 Å². The second-order valence-corrected chi connectivity index (χ2v) is 8.00. The van der Waals surface area contributed by atoms with E-state index >= 15 is 0 Å². The van der Waals surface area contributed by atoms with Gasteiger partial charge in [0.25, 0.3) is 0 Å². The van der Waals surface area contributed by atoms with Gasteiger partial charge in [-0.05, 0) is 31.0 Å². The number of nitrogens with one attached hydrogen (secondary N) is 2. The van der Waals surface area contributed by atoms with Crippen LogP contribution in [0.1, 0.15) is 24.3 Å². The number of para-hydroxylation sites is 1. The van der Waals surface area contributed by atoms with E-state index in [2.05, 4.69) is 23.6 Å². The molecule has 0 saturated heterocycles. The predicted octanol–water partition coefficient (Wildman–Crippen LogP) is 4.02. The van der Waals surface area contributed by atoms with E-state index in [1.807, 2.05) is 18.2 Å². The quantitative estimate of drug-likeness (QED) is 0.739. The van der Waals surface area contributed by atoms with E-state index in [0.29, 0.717) is 6.04 Å². The Morgan fingerprint density at radius 2 is 2.17 bits per heavy atom. The number of carbonyl (C=O) groups is 1. The van der Waals surface area contributed by atoms with Crippen molar-refractivity contribution < 1.29 is 4.79 Å². The molecule has 0 fully saturated rings. The monoisotopic (exact) mass is 343 g/mol. The molecule has 4 rings (SSSR count). The predicted molar refractivity (Wildman–Crippen MR) is 97.2 cm³/mol. The molecule has 2 aromatic heterocycles. The van der Waals surface area contributed by atoms with Crippen molar-refractivity contribution in [2.45, 2.75) is 32.9 Å². The van der Waals surface area contributed by atoms with Crippen LogP contribution in [-0.4, -0.2) is 16.9 Å². The molecule has 1 amide bonds. The van der Waals surface area contributed by atoms with Gasteiger partial charge in [0, 0.05) is 30.0 Å². The molecule has 3 aromatic rings. The number of thiophene rings is 1. The van der Waals surface area contributed by atoms with Gasteiger partial charge in [-0.25, -0.2) is 4.98 Å². The van der Waals surface area contributed by atoms with Crippen LogP contribution in [0.25, 0.3) is 20.8 Å². The normalized spacial score (nSPS) is 17.2. The smallest absolute Gasteiger partial charge is 0.221 e. The third kappa shape index (κ3) is 2.67. The average Bonchev–Trinajstić information content (AvgIpc) is 3.06. The van der Waals surface area contributed by atoms with Crippen molar-refractivity contribution in [1.29, 1.82) is 0 Å². The minimum atomic E-state index is -0.0352. The number of nitrogens with zero attached hydrogens (tertiary/aromatic N) is 1. The zero-order valence-corrected chi connectivity index (χ0v) is 14.6. The lowest BCUT2D eigenvalue weighted by molar-refractivity contribution is -0.114. The maximum absolute atomic E-state index is 11.6. The van der Waals surface area contributed by atoms with Crippen LogP contribution in [0.15, 0.2) is 24.3 Å². The van der Waals surface area contributed by atoms with E-state index in [1.54, 1.807) is 29.6 Å². The van der Waals surface area contributed by atoms with Crippen LogP contribution >= 0.6 is 22.7 Å². The SMILES string of the molecule is CC(=O)Nc1sc2c(c1-c1nc3ccccc3s1)C[C@@H](C)NC2. The average molecular weight is 343 g/mol. The van der Waals surface area contributed by atoms with Crippen molar-refractivity contribution in [3.05, 3.63) is 34.7 Å². The Labute approximate surface area is 142 Å². The number of thiazole rings is 1. The van der Waals surface area contributed by atoms with Crippen molar-refractivity contribution in [2.75, 3.05) is 5.32 Å². The molecule has 0 saturated carbocycles. The van der Waals surface area contributed by atoms with E-state index in [-0.39, 0.29) is 5.91 Å². The second kappa shape index (κ2) is 5.70. The summed E-state index contributed by atoms with van der Waals surface area (Å²) >= 11 is 3.36. The fourth-order valence-electron chi connectivity index (χ4n) is 2.97. The minimum absolute atomic E-state index is 0.0352. The number of carbonyl (C=O) groups excluding carboxylic acids is 1. The summed E-state index contributed by atoms with van der Waals surface area (Å²) in [7, 11) is 0. The van der Waals surface area contributed by atoms with Crippen molar-refractivity contribution in [3.63, 3.8) is 0 Å². The summed E-state index contributed by atoms with van der Waals surface area (Å²) in [6.07, 6.45) is 0.969. The Balaban J connectivity index is 1.91. The summed E-state index contributed by atoms with van der Waals surface area (Å²) in [6.45, 7) is 4.61. The molecule has 118 valence electrons. The molecule has 0 radical (unpaired) electrons. The fraction of sp³-hybridized carbons (Fsp3) is 0.294. The lowest BCUT2D eigenvalue weighted by Gasteiger charge is -2.20. The van der Waals surface area contributed by atoms with Crippen molar-refractivity contribution in [1.82, 2.24) is 10.3 Å². The highest BCUT2D eigenvalue weighted by atomic mass is 32.1. The molecule has 2 N–H and O–H groups in total. The molecule has 1 aliphatic rings. The number of anilines is 1. The van der Waals surface area contributed by atoms with Gasteiger partial charge in [0.05, 0.1) is 10.2 Å². The highest BCUT2D eigenvalue weighted by Gasteiger charge is 2.26. The second-order valence-electron chi connectivity index (χ2n) is 5.86. The van der Waals surface area contributed by atoms with Crippen LogP contribution in [-0.2, 0) is 17.8 Å². The third-order valence-electron chi connectivity index (χ3n) is 4.01. The van der Waals surface area contributed by atoms with E-state index in [4.69, 9.17) is 4.98 Å². The van der Waals surface area contributed by atoms with Crippen LogP contribution in [0.5, 0.6) is 0 Å². The maximum Gasteiger partial charge on any atom is 0.221 e. The number of hydrogen-bond donors (Lipinski definition) is 2. The zero-order chi connectivity index (χ0) is 16.0. The molecule has 0 spiro atoms. The van der Waals surface area contributed by atoms with Gasteiger partial charge in [-0.2, -0.15) is 0 Å². The van der Waals surface area contributed by atoms with Crippen LogP contribution in [0.3, 0.4) is 0 Å². The summed E-state index contributed by atoms with van der Waals surface area (Å²) < 4.78 is 1.18. The van der Waals surface area contributed by atoms with Crippen LogP contribution in [0, 0.1) is 0 Å². The summed E-state index contributed by atoms with van der Waals surface area (Å²) in [5, 5.41) is 8.43. The van der Waals surface area contributed by atoms with Crippen molar-refractivity contribution >= 4 is 43.8 Å². The van der Waals surface area contributed by atoms with Gasteiger partial charge in [0.15, 0.2) is 0 Å². The molecule has 1 atom stereocenters. The van der Waals surface area contributed by atoms with Crippen LogP contribution < -0.4 is 10.6 Å². The van der Waals surface area contributed by atoms with E-state index in [9.17, 15) is 4.79 Å². The number of hydrogen-bond acceptors (Lipinski definition) is 5. The van der Waals surface area contributed by atoms with E-state index in [1.165, 1.54) is 15.1 Å². The highest BCUT2D eigenvalue weighted by Crippen LogP contribution is 2.45. The largest absolute Gasteiger partial charge is 0.317 e. The maximum atomic E-state index is 11.6. The molecular weight excluding hydrogens is 326 g/mol. The van der Waals surface area contributed by atoms with Gasteiger partial charge in [-0.15, -0.1) is 22.7 Å². The molecule has 4 nitrogen and oxygen atoms in total. The van der Waals surface area contributed by atoms with Gasteiger partial charge < -0.3 is 10.6 Å². The summed E-state index contributed by atoms with van der Waals surface area (Å²) in [6, 6.07) is 8.62. The van der Waals surface area contributed by atoms with Gasteiger partial charge in [0.1, 0.15) is 10.0 Å². The first kappa shape index (κ1) is 14.8. The Bertz CT molecular complexity index is 864. The van der Waals surface area contributed by atoms with E-state index < -0.39 is 0 Å². The lowest BCUT2D eigenvalue weighted by atomic mass is 9.99. The summed E-state index contributed by atoms with van der Waals surface area (Å²) in [4.78, 5) is 17.7. The fourth-order valence-corrected chi connectivity index (χ4v) is 5.31. The Hall–Kier alpha value is -1.76. The number of amides is 1. The first-order chi connectivity index (χ1) is 11.1. The third-order valence-corrected chi connectivity index (χ3v) is 6.21. The first-order valence-electron chi connectivity index (χ1n) is 7.63. The molecule has 0 aliphatic carbocycles. The zero-order valence-electron chi connectivity index (χ0n) is 13.0. The Morgan fingerprint density at radius 3 is 2.96 bits per heavy atom. The highest BCUT2D eigenvalue weighted by molar-refractivity contribution is 7.22.